The van der Waals surface area contributed by atoms with Gasteiger partial charge in [0.15, 0.2) is 0 Å². The van der Waals surface area contributed by atoms with Crippen LogP contribution < -0.4 is 4.74 Å². The number of aliphatic hydroxyl groups excluding tert-OH is 1. The maximum absolute atomic E-state index is 15.2. The Morgan fingerprint density at radius 3 is 2.68 bits per heavy atom. The van der Waals surface area contributed by atoms with E-state index in [0.717, 1.165) is 11.1 Å². The molecule has 2 amide bonds. The number of rotatable bonds is 5. The highest BCUT2D eigenvalue weighted by Gasteiger charge is 2.43. The normalized spacial score (nSPS) is 26.3. The van der Waals surface area contributed by atoms with Gasteiger partial charge in [0.1, 0.15) is 18.5 Å². The molecule has 0 bridgehead atoms. The average Bonchev–Trinajstić information content (AvgIpc) is 3.46. The number of alkyl halides is 1. The second-order valence-electron chi connectivity index (χ2n) is 9.33. The van der Waals surface area contributed by atoms with Crippen molar-refractivity contribution in [2.24, 2.45) is 0 Å². The Balaban J connectivity index is 1.21. The third-order valence-corrected chi connectivity index (χ3v) is 7.37. The number of hydrogen-bond acceptors (Lipinski definition) is 7. The van der Waals surface area contributed by atoms with Crippen LogP contribution in [0.5, 0.6) is 5.75 Å². The third kappa shape index (κ3) is 3.84. The number of piperidine rings is 1. The molecule has 2 saturated heterocycles. The largest absolute Gasteiger partial charge is 0.456 e. The van der Waals surface area contributed by atoms with Crippen molar-refractivity contribution in [2.75, 3.05) is 39.3 Å². The van der Waals surface area contributed by atoms with Gasteiger partial charge in [-0.1, -0.05) is 6.07 Å². The Hall–Kier alpha value is -2.98. The molecule has 4 heterocycles. The Morgan fingerprint density at radius 2 is 1.97 bits per heavy atom. The van der Waals surface area contributed by atoms with Crippen molar-refractivity contribution in [2.45, 2.75) is 45.0 Å². The van der Waals surface area contributed by atoms with E-state index in [9.17, 15) is 19.5 Å². The molecule has 0 spiro atoms. The van der Waals surface area contributed by atoms with Gasteiger partial charge in [0, 0.05) is 38.3 Å². The van der Waals surface area contributed by atoms with E-state index in [0.29, 0.717) is 48.6 Å². The topological polar surface area (TPSA) is 99.6 Å². The highest BCUT2D eigenvalue weighted by atomic mass is 19.1. The summed E-state index contributed by atoms with van der Waals surface area (Å²) in [5, 5.41) is 10.9. The standard InChI is InChI=1S/C24H28FN3O6/c1-13-15(3-4-21-16(13)9-22(30)34-21)20(29)11-26-6-5-18(17(25)10-26)27-7-8-28(24(27)32)19-12-33-23(31)14(19)2/h3-4,17-18,20,29H,5-12H2,1-2H3/t17?,18?,20-/m0/s1. The second kappa shape index (κ2) is 8.66. The van der Waals surface area contributed by atoms with E-state index in [4.69, 9.17) is 9.47 Å². The molecule has 4 aliphatic rings. The summed E-state index contributed by atoms with van der Waals surface area (Å²) in [6.45, 7) is 5.27. The highest BCUT2D eigenvalue weighted by molar-refractivity contribution is 5.92. The molecule has 0 aromatic heterocycles. The first-order valence-electron chi connectivity index (χ1n) is 11.6. The zero-order chi connectivity index (χ0) is 24.1. The van der Waals surface area contributed by atoms with Gasteiger partial charge in [0.2, 0.25) is 0 Å². The maximum atomic E-state index is 15.2. The number of fused-ring (bicyclic) bond motifs is 1. The van der Waals surface area contributed by atoms with Gasteiger partial charge in [-0.25, -0.2) is 14.0 Å². The van der Waals surface area contributed by atoms with E-state index in [-0.39, 0.29) is 38.1 Å². The van der Waals surface area contributed by atoms with Gasteiger partial charge in [-0.2, -0.15) is 0 Å². The van der Waals surface area contributed by atoms with Crippen molar-refractivity contribution >= 4 is 18.0 Å². The molecular weight excluding hydrogens is 445 g/mol. The maximum Gasteiger partial charge on any atom is 0.336 e. The number of likely N-dealkylation sites (tertiary alicyclic amines) is 1. The molecule has 5 rings (SSSR count). The number of hydrogen-bond donors (Lipinski definition) is 1. The van der Waals surface area contributed by atoms with Crippen molar-refractivity contribution in [1.29, 1.82) is 0 Å². The monoisotopic (exact) mass is 473 g/mol. The number of carbonyl (C=O) groups is 3. The van der Waals surface area contributed by atoms with Gasteiger partial charge in [-0.3, -0.25) is 14.6 Å². The van der Waals surface area contributed by atoms with E-state index in [1.165, 1.54) is 4.90 Å². The third-order valence-electron chi connectivity index (χ3n) is 7.37. The van der Waals surface area contributed by atoms with E-state index < -0.39 is 24.3 Å². The first-order valence-corrected chi connectivity index (χ1v) is 11.6. The van der Waals surface area contributed by atoms with E-state index in [1.807, 2.05) is 11.8 Å². The molecule has 2 unspecified atom stereocenters. The smallest absolute Gasteiger partial charge is 0.336 e. The van der Waals surface area contributed by atoms with Crippen molar-refractivity contribution in [3.8, 4) is 5.75 Å². The minimum absolute atomic E-state index is 0.0715. The molecule has 0 saturated carbocycles. The fourth-order valence-electron chi connectivity index (χ4n) is 5.41. The number of ether oxygens (including phenoxy) is 2. The molecule has 34 heavy (non-hydrogen) atoms. The molecule has 4 aliphatic heterocycles. The molecule has 9 nitrogen and oxygen atoms in total. The van der Waals surface area contributed by atoms with Gasteiger partial charge in [-0.15, -0.1) is 0 Å². The van der Waals surface area contributed by atoms with Crippen LogP contribution >= 0.6 is 0 Å². The van der Waals surface area contributed by atoms with Crippen molar-refractivity contribution in [1.82, 2.24) is 14.7 Å². The average molecular weight is 474 g/mol. The van der Waals surface area contributed by atoms with Gasteiger partial charge in [0.25, 0.3) is 0 Å². The first-order chi connectivity index (χ1) is 16.2. The number of aliphatic hydroxyl groups is 1. The van der Waals surface area contributed by atoms with Crippen molar-refractivity contribution in [3.63, 3.8) is 0 Å². The lowest BCUT2D eigenvalue weighted by atomic mass is 9.95. The Labute approximate surface area is 196 Å². The lowest BCUT2D eigenvalue weighted by molar-refractivity contribution is -0.136. The number of cyclic esters (lactones) is 1. The van der Waals surface area contributed by atoms with Crippen LogP contribution in [-0.2, 0) is 20.7 Å². The lowest BCUT2D eigenvalue weighted by Gasteiger charge is -2.39. The van der Waals surface area contributed by atoms with E-state index >= 15 is 4.39 Å². The number of carbonyl (C=O) groups excluding carboxylic acids is 3. The van der Waals surface area contributed by atoms with Gasteiger partial charge in [0.05, 0.1) is 29.8 Å². The van der Waals surface area contributed by atoms with E-state index in [1.54, 1.807) is 24.0 Å². The lowest BCUT2D eigenvalue weighted by Crippen LogP contribution is -2.54. The number of amides is 2. The molecule has 1 N–H and O–H groups in total. The number of β-amino-alcohol motifs (C(OH)–C–C–N with tert-alkyl or cyclic N) is 1. The fraction of sp³-hybridized carbons (Fsp3) is 0.542. The van der Waals surface area contributed by atoms with Crippen LogP contribution in [0.2, 0.25) is 0 Å². The van der Waals surface area contributed by atoms with E-state index in [2.05, 4.69) is 0 Å². The first kappa shape index (κ1) is 22.8. The summed E-state index contributed by atoms with van der Waals surface area (Å²) in [6, 6.07) is 2.61. The molecule has 182 valence electrons. The molecule has 0 aliphatic carbocycles. The van der Waals surface area contributed by atoms with Crippen molar-refractivity contribution < 1.29 is 33.4 Å². The summed E-state index contributed by atoms with van der Waals surface area (Å²) in [6.07, 6.45) is -1.44. The predicted octanol–water partition coefficient (Wildman–Crippen LogP) is 1.47. The van der Waals surface area contributed by atoms with Gasteiger partial charge in [-0.05, 0) is 37.5 Å². The minimum atomic E-state index is -1.26. The fourth-order valence-corrected chi connectivity index (χ4v) is 5.41. The summed E-state index contributed by atoms with van der Waals surface area (Å²) in [4.78, 5) is 41.2. The predicted molar refractivity (Wildman–Crippen MR) is 118 cm³/mol. The van der Waals surface area contributed by atoms with Crippen molar-refractivity contribution in [3.05, 3.63) is 40.1 Å². The summed E-state index contributed by atoms with van der Waals surface area (Å²) >= 11 is 0. The molecule has 3 atom stereocenters. The van der Waals surface area contributed by atoms with Crippen LogP contribution in [0.1, 0.15) is 36.1 Å². The molecular formula is C24H28FN3O6. The Bertz CT molecular complexity index is 1090. The summed E-state index contributed by atoms with van der Waals surface area (Å²) in [5.41, 5.74) is 3.31. The number of urea groups is 1. The summed E-state index contributed by atoms with van der Waals surface area (Å²) in [7, 11) is 0. The molecule has 10 heteroatoms. The van der Waals surface area contributed by atoms with Crippen LogP contribution in [0.3, 0.4) is 0 Å². The number of halogens is 1. The van der Waals surface area contributed by atoms with Crippen LogP contribution in [0.15, 0.2) is 23.4 Å². The molecule has 1 aromatic rings. The summed E-state index contributed by atoms with van der Waals surface area (Å²) in [5.74, 6) is -0.193. The zero-order valence-corrected chi connectivity index (χ0v) is 19.3. The number of esters is 2. The summed E-state index contributed by atoms with van der Waals surface area (Å²) < 4.78 is 25.4. The zero-order valence-electron chi connectivity index (χ0n) is 19.3. The molecule has 0 radical (unpaired) electrons. The van der Waals surface area contributed by atoms with Crippen LogP contribution in [0, 0.1) is 6.92 Å². The molecule has 1 aromatic carbocycles. The van der Waals surface area contributed by atoms with Gasteiger partial charge >= 0.3 is 18.0 Å². The SMILES string of the molecule is CC1=C(N2CCN(C3CCN(C[C@H](O)c4ccc5c(c4C)CC(=O)O5)CC3F)C2=O)COC1=O. The number of nitrogens with zero attached hydrogens (tertiary/aromatic N) is 3. The van der Waals surface area contributed by atoms with Gasteiger partial charge < -0.3 is 19.5 Å². The highest BCUT2D eigenvalue weighted by Crippen LogP contribution is 2.34. The Kier molecular flexibility index (Phi) is 5.81. The van der Waals surface area contributed by atoms with Crippen LogP contribution in [0.4, 0.5) is 9.18 Å². The minimum Gasteiger partial charge on any atom is -0.456 e. The molecule has 2 fully saturated rings. The quantitative estimate of drug-likeness (QED) is 0.511. The van der Waals surface area contributed by atoms with Crippen LogP contribution in [-0.4, -0.2) is 89.3 Å². The second-order valence-corrected chi connectivity index (χ2v) is 9.33. The number of benzene rings is 1. The van der Waals surface area contributed by atoms with Crippen LogP contribution in [0.25, 0.3) is 0 Å². The Morgan fingerprint density at radius 1 is 1.18 bits per heavy atom.